The van der Waals surface area contributed by atoms with Gasteiger partial charge in [0.1, 0.15) is 5.69 Å². The van der Waals surface area contributed by atoms with E-state index in [1.54, 1.807) is 13.1 Å². The Morgan fingerprint density at radius 2 is 2.20 bits per heavy atom. The monoisotopic (exact) mass is 211 g/mol. The summed E-state index contributed by atoms with van der Waals surface area (Å²) in [7, 11) is 1.63. The molecule has 0 bridgehead atoms. The Morgan fingerprint density at radius 1 is 1.53 bits per heavy atom. The lowest BCUT2D eigenvalue weighted by Crippen LogP contribution is -2.36. The number of carboxylic acids is 1. The van der Waals surface area contributed by atoms with Crippen LogP contribution in [-0.2, 0) is 11.8 Å². The first-order valence-electron chi connectivity index (χ1n) is 4.78. The molecule has 82 valence electrons. The molecule has 0 aliphatic carbocycles. The maximum atomic E-state index is 10.8. The van der Waals surface area contributed by atoms with Gasteiger partial charge in [0.05, 0.1) is 13.2 Å². The van der Waals surface area contributed by atoms with Gasteiger partial charge in [0.2, 0.25) is 0 Å². The molecule has 0 atom stereocenters. The van der Waals surface area contributed by atoms with E-state index in [1.165, 1.54) is 4.68 Å². The van der Waals surface area contributed by atoms with Gasteiger partial charge in [-0.25, -0.2) is 4.79 Å². The minimum atomic E-state index is -0.954. The number of carboxylic acid groups (broad SMARTS) is 1. The van der Waals surface area contributed by atoms with Crippen molar-refractivity contribution < 1.29 is 14.6 Å². The van der Waals surface area contributed by atoms with Crippen molar-refractivity contribution in [2.45, 2.75) is 0 Å². The summed E-state index contributed by atoms with van der Waals surface area (Å²) in [5.74, 6) is -0.247. The van der Waals surface area contributed by atoms with Crippen LogP contribution >= 0.6 is 0 Å². The summed E-state index contributed by atoms with van der Waals surface area (Å²) in [6.45, 7) is 2.85. The molecule has 2 rings (SSSR count). The topological polar surface area (TPSA) is 67.6 Å². The van der Waals surface area contributed by atoms with Gasteiger partial charge in [0.25, 0.3) is 0 Å². The molecular formula is C9H13N3O3. The van der Waals surface area contributed by atoms with Crippen molar-refractivity contribution in [2.24, 2.45) is 7.05 Å². The van der Waals surface area contributed by atoms with Crippen LogP contribution in [0.25, 0.3) is 0 Å². The molecule has 1 fully saturated rings. The maximum Gasteiger partial charge on any atom is 0.354 e. The van der Waals surface area contributed by atoms with E-state index in [2.05, 4.69) is 5.10 Å². The number of carbonyl (C=O) groups is 1. The molecule has 0 unspecified atom stereocenters. The van der Waals surface area contributed by atoms with Gasteiger partial charge in [-0.2, -0.15) is 5.10 Å². The summed E-state index contributed by atoms with van der Waals surface area (Å²) in [4.78, 5) is 12.8. The Balaban J connectivity index is 2.21. The molecular weight excluding hydrogens is 198 g/mol. The van der Waals surface area contributed by atoms with Gasteiger partial charge in [0, 0.05) is 26.2 Å². The molecule has 1 aliphatic heterocycles. The van der Waals surface area contributed by atoms with Gasteiger partial charge in [-0.05, 0) is 0 Å². The third-order valence-electron chi connectivity index (χ3n) is 2.42. The second-order valence-corrected chi connectivity index (χ2v) is 3.42. The predicted molar refractivity (Wildman–Crippen MR) is 53.2 cm³/mol. The summed E-state index contributed by atoms with van der Waals surface area (Å²) in [5, 5.41) is 13.0. The SMILES string of the molecule is Cn1nc(N2CCOCC2)cc1C(=O)O. The normalized spacial score (nSPS) is 16.7. The molecule has 0 radical (unpaired) electrons. The van der Waals surface area contributed by atoms with Gasteiger partial charge in [0.15, 0.2) is 5.82 Å². The number of hydrogen-bond acceptors (Lipinski definition) is 4. The fourth-order valence-electron chi connectivity index (χ4n) is 1.60. The molecule has 2 heterocycles. The van der Waals surface area contributed by atoms with Gasteiger partial charge in [-0.1, -0.05) is 0 Å². The zero-order chi connectivity index (χ0) is 10.8. The fraction of sp³-hybridized carbons (Fsp3) is 0.556. The lowest BCUT2D eigenvalue weighted by Gasteiger charge is -2.26. The number of aryl methyl sites for hydroxylation is 1. The number of hydrogen-bond donors (Lipinski definition) is 1. The minimum Gasteiger partial charge on any atom is -0.477 e. The highest BCUT2D eigenvalue weighted by Crippen LogP contribution is 2.15. The van der Waals surface area contributed by atoms with E-state index < -0.39 is 5.97 Å². The zero-order valence-corrected chi connectivity index (χ0v) is 8.51. The van der Waals surface area contributed by atoms with Crippen LogP contribution in [-0.4, -0.2) is 47.2 Å². The van der Waals surface area contributed by atoms with E-state index in [0.29, 0.717) is 19.0 Å². The van der Waals surface area contributed by atoms with Gasteiger partial charge in [-0.3, -0.25) is 4.68 Å². The summed E-state index contributed by atoms with van der Waals surface area (Å²) in [5.41, 5.74) is 0.205. The number of nitrogens with zero attached hydrogens (tertiary/aromatic N) is 3. The molecule has 6 heteroatoms. The molecule has 0 spiro atoms. The van der Waals surface area contributed by atoms with Crippen molar-refractivity contribution in [1.82, 2.24) is 9.78 Å². The quantitative estimate of drug-likeness (QED) is 0.743. The first kappa shape index (κ1) is 9.97. The first-order valence-corrected chi connectivity index (χ1v) is 4.78. The van der Waals surface area contributed by atoms with E-state index >= 15 is 0 Å². The summed E-state index contributed by atoms with van der Waals surface area (Å²) >= 11 is 0. The Kier molecular flexibility index (Phi) is 2.59. The third-order valence-corrected chi connectivity index (χ3v) is 2.42. The molecule has 15 heavy (non-hydrogen) atoms. The van der Waals surface area contributed by atoms with Crippen LogP contribution in [0.3, 0.4) is 0 Å². The molecule has 0 aromatic carbocycles. The molecule has 1 N–H and O–H groups in total. The highest BCUT2D eigenvalue weighted by molar-refractivity contribution is 5.86. The van der Waals surface area contributed by atoms with Crippen LogP contribution in [0.2, 0.25) is 0 Å². The van der Waals surface area contributed by atoms with Crippen molar-refractivity contribution in [3.63, 3.8) is 0 Å². The van der Waals surface area contributed by atoms with Crippen LogP contribution in [0.5, 0.6) is 0 Å². The first-order chi connectivity index (χ1) is 7.18. The number of aromatic carboxylic acids is 1. The van der Waals surface area contributed by atoms with E-state index in [4.69, 9.17) is 9.84 Å². The molecule has 0 saturated carbocycles. The number of ether oxygens (including phenoxy) is 1. The van der Waals surface area contributed by atoms with E-state index in [9.17, 15) is 4.79 Å². The molecule has 1 aromatic heterocycles. The second kappa shape index (κ2) is 3.90. The number of anilines is 1. The Hall–Kier alpha value is -1.56. The Labute approximate surface area is 87.1 Å². The van der Waals surface area contributed by atoms with E-state index in [0.717, 1.165) is 13.1 Å². The van der Waals surface area contributed by atoms with Gasteiger partial charge < -0.3 is 14.7 Å². The lowest BCUT2D eigenvalue weighted by atomic mass is 10.3. The van der Waals surface area contributed by atoms with Crippen molar-refractivity contribution in [2.75, 3.05) is 31.2 Å². The van der Waals surface area contributed by atoms with Crippen LogP contribution < -0.4 is 4.90 Å². The average molecular weight is 211 g/mol. The summed E-state index contributed by atoms with van der Waals surface area (Å²) in [6.07, 6.45) is 0. The minimum absolute atomic E-state index is 0.205. The van der Waals surface area contributed by atoms with Crippen LogP contribution in [0.1, 0.15) is 10.5 Å². The summed E-state index contributed by atoms with van der Waals surface area (Å²) in [6, 6.07) is 1.59. The van der Waals surface area contributed by atoms with Crippen molar-refractivity contribution in [3.8, 4) is 0 Å². The zero-order valence-electron chi connectivity index (χ0n) is 8.51. The predicted octanol–water partition coefficient (Wildman–Crippen LogP) is -0.0451. The third kappa shape index (κ3) is 1.94. The molecule has 1 aromatic rings. The molecule has 1 saturated heterocycles. The van der Waals surface area contributed by atoms with Crippen LogP contribution in [0.15, 0.2) is 6.07 Å². The standard InChI is InChI=1S/C9H13N3O3/c1-11-7(9(13)14)6-8(10-11)12-2-4-15-5-3-12/h6H,2-5H2,1H3,(H,13,14). The number of aromatic nitrogens is 2. The number of rotatable bonds is 2. The maximum absolute atomic E-state index is 10.8. The van der Waals surface area contributed by atoms with E-state index in [-0.39, 0.29) is 5.69 Å². The number of morpholine rings is 1. The second-order valence-electron chi connectivity index (χ2n) is 3.42. The van der Waals surface area contributed by atoms with Crippen LogP contribution in [0, 0.1) is 0 Å². The highest BCUT2D eigenvalue weighted by atomic mass is 16.5. The largest absolute Gasteiger partial charge is 0.477 e. The van der Waals surface area contributed by atoms with E-state index in [1.807, 2.05) is 4.90 Å². The lowest BCUT2D eigenvalue weighted by molar-refractivity contribution is 0.0685. The Morgan fingerprint density at radius 3 is 2.73 bits per heavy atom. The fourth-order valence-corrected chi connectivity index (χ4v) is 1.60. The molecule has 0 amide bonds. The highest BCUT2D eigenvalue weighted by Gasteiger charge is 2.18. The van der Waals surface area contributed by atoms with Gasteiger partial charge >= 0.3 is 5.97 Å². The smallest absolute Gasteiger partial charge is 0.354 e. The van der Waals surface area contributed by atoms with Crippen molar-refractivity contribution in [3.05, 3.63) is 11.8 Å². The molecule has 6 nitrogen and oxygen atoms in total. The van der Waals surface area contributed by atoms with Crippen LogP contribution in [0.4, 0.5) is 5.82 Å². The summed E-state index contributed by atoms with van der Waals surface area (Å²) < 4.78 is 6.60. The van der Waals surface area contributed by atoms with Gasteiger partial charge in [-0.15, -0.1) is 0 Å². The Bertz CT molecular complexity index is 369. The molecule has 1 aliphatic rings. The average Bonchev–Trinajstić information content (AvgIpc) is 2.62. The van der Waals surface area contributed by atoms with Crippen molar-refractivity contribution in [1.29, 1.82) is 0 Å². The van der Waals surface area contributed by atoms with Crippen molar-refractivity contribution >= 4 is 11.8 Å².